The molecule has 10 heteroatoms. The van der Waals surface area contributed by atoms with E-state index >= 15 is 0 Å². The van der Waals surface area contributed by atoms with Gasteiger partial charge in [0.05, 0.1) is 24.2 Å². The maximum Gasteiger partial charge on any atom is 0.282 e. The van der Waals surface area contributed by atoms with E-state index in [1.165, 1.54) is 30.1 Å². The number of methoxy groups -OCH3 is 1. The zero-order valence-corrected chi connectivity index (χ0v) is 24.0. The highest BCUT2D eigenvalue weighted by atomic mass is 79.9. The van der Waals surface area contributed by atoms with Crippen molar-refractivity contribution in [3.8, 4) is 11.5 Å². The molecule has 0 aliphatic heterocycles. The number of aryl methyl sites for hydroxylation is 1. The number of fused-ring (bicyclic) bond motifs is 1. The second-order valence-corrected chi connectivity index (χ2v) is 10.3. The van der Waals surface area contributed by atoms with Crippen molar-refractivity contribution in [3.63, 3.8) is 0 Å². The Labute approximate surface area is 235 Å². The Morgan fingerprint density at radius 3 is 2.73 bits per heavy atom. The Morgan fingerprint density at radius 1 is 1.19 bits per heavy atom. The van der Waals surface area contributed by atoms with Crippen LogP contribution >= 0.6 is 43.5 Å². The highest BCUT2D eigenvalue weighted by molar-refractivity contribution is 9.10. The summed E-state index contributed by atoms with van der Waals surface area (Å²) in [7, 11) is 1.49. The minimum atomic E-state index is -0.351. The van der Waals surface area contributed by atoms with Gasteiger partial charge >= 0.3 is 0 Å². The Hall–Kier alpha value is -2.75. The largest absolute Gasteiger partial charge is 0.493 e. The predicted octanol–water partition coefficient (Wildman–Crippen LogP) is 7.53. The lowest BCUT2D eigenvalue weighted by molar-refractivity contribution is 0.284. The summed E-state index contributed by atoms with van der Waals surface area (Å²) >= 11 is 13.5. The smallest absolute Gasteiger partial charge is 0.282 e. The first-order valence-corrected chi connectivity index (χ1v) is 13.5. The second-order valence-electron chi connectivity index (χ2n) is 8.20. The summed E-state index contributed by atoms with van der Waals surface area (Å²) in [5, 5.41) is 5.21. The summed E-state index contributed by atoms with van der Waals surface area (Å²) in [5.41, 5.74) is 1.58. The van der Waals surface area contributed by atoms with Crippen molar-refractivity contribution >= 4 is 60.6 Å². The van der Waals surface area contributed by atoms with E-state index in [4.69, 9.17) is 26.1 Å². The van der Waals surface area contributed by atoms with Gasteiger partial charge in [-0.15, -0.1) is 0 Å². The second kappa shape index (κ2) is 12.2. The monoisotopic (exact) mass is 649 g/mol. The molecule has 192 valence electrons. The summed E-state index contributed by atoms with van der Waals surface area (Å²) < 4.78 is 27.5. The molecular formula is C27H23Br2ClFN3O3. The summed E-state index contributed by atoms with van der Waals surface area (Å²) in [6.07, 6.45) is 3.95. The molecule has 0 amide bonds. The van der Waals surface area contributed by atoms with Crippen molar-refractivity contribution < 1.29 is 13.9 Å². The molecule has 0 bridgehead atoms. The van der Waals surface area contributed by atoms with E-state index in [0.717, 1.165) is 17.3 Å². The molecule has 0 fully saturated rings. The van der Waals surface area contributed by atoms with E-state index in [0.29, 0.717) is 50.2 Å². The quantitative estimate of drug-likeness (QED) is 0.176. The fourth-order valence-corrected chi connectivity index (χ4v) is 4.71. The number of ether oxygens (including phenoxy) is 2. The molecule has 0 aliphatic rings. The lowest BCUT2D eigenvalue weighted by Crippen LogP contribution is -2.22. The van der Waals surface area contributed by atoms with Crippen molar-refractivity contribution in [2.75, 3.05) is 7.11 Å². The van der Waals surface area contributed by atoms with E-state index in [-0.39, 0.29) is 23.0 Å². The number of hydrogen-bond acceptors (Lipinski definition) is 5. The molecule has 0 N–H and O–H groups in total. The molecule has 0 aliphatic carbocycles. The van der Waals surface area contributed by atoms with Crippen molar-refractivity contribution in [1.82, 2.24) is 9.66 Å². The Morgan fingerprint density at radius 2 is 2.00 bits per heavy atom. The molecule has 0 saturated carbocycles. The first kappa shape index (κ1) is 27.3. The van der Waals surface area contributed by atoms with Gasteiger partial charge in [0.1, 0.15) is 23.3 Å². The molecule has 0 atom stereocenters. The van der Waals surface area contributed by atoms with E-state index in [2.05, 4.69) is 43.9 Å². The average Bonchev–Trinajstić information content (AvgIpc) is 2.89. The van der Waals surface area contributed by atoms with Crippen LogP contribution < -0.4 is 15.0 Å². The number of benzene rings is 3. The fourth-order valence-electron chi connectivity index (χ4n) is 3.70. The molecule has 4 rings (SSSR count). The molecule has 0 saturated heterocycles. The summed E-state index contributed by atoms with van der Waals surface area (Å²) in [6, 6.07) is 13.2. The first-order chi connectivity index (χ1) is 17.8. The lowest BCUT2D eigenvalue weighted by atomic mass is 10.2. The van der Waals surface area contributed by atoms with E-state index in [9.17, 15) is 9.18 Å². The number of nitrogens with zero attached hydrogens (tertiary/aromatic N) is 3. The van der Waals surface area contributed by atoms with Crippen LogP contribution in [0.5, 0.6) is 11.5 Å². The molecule has 3 aromatic carbocycles. The zero-order chi connectivity index (χ0) is 26.5. The van der Waals surface area contributed by atoms with Crippen LogP contribution in [0.15, 0.2) is 67.4 Å². The molecule has 1 aromatic heterocycles. The highest BCUT2D eigenvalue weighted by Gasteiger charge is 2.18. The third kappa shape index (κ3) is 6.22. The van der Waals surface area contributed by atoms with Crippen LogP contribution in [0.1, 0.15) is 36.7 Å². The van der Waals surface area contributed by atoms with E-state index < -0.39 is 0 Å². The predicted molar refractivity (Wildman–Crippen MR) is 152 cm³/mol. The number of halogens is 4. The topological polar surface area (TPSA) is 65.7 Å². The number of hydrogen-bond donors (Lipinski definition) is 0. The lowest BCUT2D eigenvalue weighted by Gasteiger charge is -2.15. The zero-order valence-electron chi connectivity index (χ0n) is 20.1. The molecule has 37 heavy (non-hydrogen) atoms. The van der Waals surface area contributed by atoms with Gasteiger partial charge in [-0.3, -0.25) is 4.79 Å². The van der Waals surface area contributed by atoms with E-state index in [1.54, 1.807) is 24.3 Å². The van der Waals surface area contributed by atoms with Gasteiger partial charge < -0.3 is 9.47 Å². The van der Waals surface area contributed by atoms with Crippen LogP contribution in [-0.2, 0) is 13.0 Å². The Balaban J connectivity index is 1.72. The molecular weight excluding hydrogens is 629 g/mol. The highest BCUT2D eigenvalue weighted by Crippen LogP contribution is 2.42. The van der Waals surface area contributed by atoms with Crippen molar-refractivity contribution in [1.29, 1.82) is 0 Å². The van der Waals surface area contributed by atoms with Gasteiger partial charge in [-0.05, 0) is 64.3 Å². The minimum absolute atomic E-state index is 0.0994. The van der Waals surface area contributed by atoms with Gasteiger partial charge in [0.25, 0.3) is 5.56 Å². The normalized spacial score (nSPS) is 11.4. The van der Waals surface area contributed by atoms with Gasteiger partial charge in [0, 0.05) is 20.9 Å². The maximum absolute atomic E-state index is 13.5. The molecule has 6 nitrogen and oxygen atoms in total. The van der Waals surface area contributed by atoms with Crippen molar-refractivity contribution in [2.45, 2.75) is 32.8 Å². The third-order valence-corrected chi connectivity index (χ3v) is 7.53. The molecule has 4 aromatic rings. The van der Waals surface area contributed by atoms with Crippen molar-refractivity contribution in [2.24, 2.45) is 5.10 Å². The third-order valence-electron chi connectivity index (χ3n) is 5.59. The number of unbranched alkanes of at least 4 members (excludes halogenated alkanes) is 1. The minimum Gasteiger partial charge on any atom is -0.493 e. The van der Waals surface area contributed by atoms with Gasteiger partial charge in [0.15, 0.2) is 11.5 Å². The van der Waals surface area contributed by atoms with Gasteiger partial charge in [-0.25, -0.2) is 9.37 Å². The fraction of sp³-hybridized carbons (Fsp3) is 0.222. The Bertz CT molecular complexity index is 1540. The van der Waals surface area contributed by atoms with Crippen LogP contribution in [0.25, 0.3) is 10.9 Å². The average molecular weight is 652 g/mol. The maximum atomic E-state index is 13.5. The van der Waals surface area contributed by atoms with Crippen LogP contribution in [0.3, 0.4) is 0 Å². The van der Waals surface area contributed by atoms with Crippen LogP contribution in [0.2, 0.25) is 5.02 Å². The van der Waals surface area contributed by atoms with E-state index in [1.807, 2.05) is 12.1 Å². The van der Waals surface area contributed by atoms with Crippen molar-refractivity contribution in [3.05, 3.63) is 95.6 Å². The van der Waals surface area contributed by atoms with Crippen LogP contribution in [-0.4, -0.2) is 23.0 Å². The molecule has 0 unspecified atom stereocenters. The molecule has 0 spiro atoms. The number of aromatic nitrogens is 2. The summed E-state index contributed by atoms with van der Waals surface area (Å²) in [5.74, 6) is 0.888. The summed E-state index contributed by atoms with van der Waals surface area (Å²) in [6.45, 7) is 2.18. The van der Waals surface area contributed by atoms with Crippen LogP contribution in [0.4, 0.5) is 4.39 Å². The van der Waals surface area contributed by atoms with Gasteiger partial charge in [-0.2, -0.15) is 9.78 Å². The SMILES string of the molecule is CCCCc1nc2ccc(Br)cc2c(=O)n1N=Cc1cc(OC)c(OCc2cccc(F)c2)c(Cl)c1Br. The van der Waals surface area contributed by atoms with Gasteiger partial charge in [0.2, 0.25) is 0 Å². The molecule has 1 heterocycles. The molecule has 0 radical (unpaired) electrons. The summed E-state index contributed by atoms with van der Waals surface area (Å²) in [4.78, 5) is 18.0. The first-order valence-electron chi connectivity index (χ1n) is 11.5. The van der Waals surface area contributed by atoms with Gasteiger partial charge in [-0.1, -0.05) is 53.0 Å². The Kier molecular flexibility index (Phi) is 9.00. The number of rotatable bonds is 9. The standard InChI is InChI=1S/C27H23Br2ClFN3O3/c1-3-4-8-23-33-21-10-9-18(28)13-20(21)27(35)34(23)32-14-17-12-22(36-2)26(25(30)24(17)29)37-15-16-6-5-7-19(31)11-16/h5-7,9-14H,3-4,8,15H2,1-2H3. The van der Waals surface area contributed by atoms with Crippen LogP contribution in [0, 0.1) is 5.82 Å².